The van der Waals surface area contributed by atoms with E-state index < -0.39 is 11.3 Å². The molecule has 128 valence electrons. The Morgan fingerprint density at radius 3 is 2.54 bits per heavy atom. The lowest BCUT2D eigenvalue weighted by Gasteiger charge is -2.09. The Morgan fingerprint density at radius 1 is 0.923 bits per heavy atom. The van der Waals surface area contributed by atoms with E-state index in [-0.39, 0.29) is 21.8 Å². The molecular weight excluding hydrogens is 373 g/mol. The second-order valence-electron chi connectivity index (χ2n) is 5.72. The molecule has 0 radical (unpaired) electrons. The second-order valence-corrected chi connectivity index (χ2v) is 6.56. The molecule has 0 aliphatic carbocycles. The van der Waals surface area contributed by atoms with Crippen LogP contribution in [0.15, 0.2) is 69.9 Å². The number of carbonyl (C=O) groups excluding carboxylic acids is 1. The molecule has 0 atom stereocenters. The van der Waals surface area contributed by atoms with Crippen molar-refractivity contribution in [3.05, 3.63) is 86.7 Å². The van der Waals surface area contributed by atoms with Crippen molar-refractivity contribution in [2.45, 2.75) is 0 Å². The van der Waals surface area contributed by atoms with Crippen molar-refractivity contribution in [3.8, 4) is 0 Å². The normalized spacial score (nSPS) is 11.0. The summed E-state index contributed by atoms with van der Waals surface area (Å²) in [5.41, 5.74) is 0.364. The second kappa shape index (κ2) is 6.48. The molecule has 4 rings (SSSR count). The van der Waals surface area contributed by atoms with Gasteiger partial charge in [-0.15, -0.1) is 0 Å². The number of carbonyl (C=O) groups is 1. The third-order valence-corrected chi connectivity index (χ3v) is 4.51. The lowest BCUT2D eigenvalue weighted by atomic mass is 10.1. The maximum atomic E-state index is 12.6. The van der Waals surface area contributed by atoms with Crippen LogP contribution < -0.4 is 10.7 Å². The first-order valence-electron chi connectivity index (χ1n) is 7.75. The Balaban J connectivity index is 1.78. The summed E-state index contributed by atoms with van der Waals surface area (Å²) in [4.78, 5) is 24.9. The number of halogens is 2. The van der Waals surface area contributed by atoms with Crippen molar-refractivity contribution >= 4 is 56.5 Å². The van der Waals surface area contributed by atoms with Gasteiger partial charge in [0.1, 0.15) is 0 Å². The van der Waals surface area contributed by atoms with Crippen molar-refractivity contribution in [1.29, 1.82) is 0 Å². The monoisotopic (exact) mass is 383 g/mol. The molecule has 0 saturated heterocycles. The number of hydrogen-bond acceptors (Lipinski definition) is 3. The van der Waals surface area contributed by atoms with E-state index in [1.807, 2.05) is 36.4 Å². The van der Waals surface area contributed by atoms with Crippen LogP contribution in [0.4, 0.5) is 5.69 Å². The summed E-state index contributed by atoms with van der Waals surface area (Å²) in [6, 6.07) is 17.3. The molecule has 1 amide bonds. The van der Waals surface area contributed by atoms with E-state index in [2.05, 4.69) is 5.32 Å². The fraction of sp³-hybridized carbons (Fsp3) is 0. The van der Waals surface area contributed by atoms with Crippen LogP contribution in [0.1, 0.15) is 10.6 Å². The van der Waals surface area contributed by atoms with E-state index in [9.17, 15) is 9.59 Å². The van der Waals surface area contributed by atoms with Gasteiger partial charge < -0.3 is 9.73 Å². The minimum absolute atomic E-state index is 0.125. The summed E-state index contributed by atoms with van der Waals surface area (Å²) in [7, 11) is 0. The highest BCUT2D eigenvalue weighted by molar-refractivity contribution is 6.38. The van der Waals surface area contributed by atoms with Crippen LogP contribution >= 0.6 is 23.2 Å². The van der Waals surface area contributed by atoms with Gasteiger partial charge in [0.25, 0.3) is 5.91 Å². The highest BCUT2D eigenvalue weighted by Gasteiger charge is 2.16. The van der Waals surface area contributed by atoms with Crippen LogP contribution in [0.3, 0.4) is 0 Å². The number of nitrogens with one attached hydrogen (secondary N) is 1. The zero-order valence-corrected chi connectivity index (χ0v) is 14.8. The quantitative estimate of drug-likeness (QED) is 0.496. The van der Waals surface area contributed by atoms with Crippen LogP contribution in [-0.4, -0.2) is 5.91 Å². The Morgan fingerprint density at radius 2 is 1.69 bits per heavy atom. The molecular formula is C20H11Cl2NO3. The predicted molar refractivity (Wildman–Crippen MR) is 104 cm³/mol. The molecule has 0 saturated carbocycles. The SMILES string of the molecule is O=C(Nc1cccc2ccccc12)c1cc(=O)c2cc(Cl)cc(Cl)c2o1. The zero-order chi connectivity index (χ0) is 18.3. The molecule has 1 aromatic heterocycles. The van der Waals surface area contributed by atoms with E-state index >= 15 is 0 Å². The molecule has 1 heterocycles. The van der Waals surface area contributed by atoms with Gasteiger partial charge in [0.15, 0.2) is 16.8 Å². The molecule has 0 bridgehead atoms. The largest absolute Gasteiger partial charge is 0.449 e. The van der Waals surface area contributed by atoms with Gasteiger partial charge >= 0.3 is 0 Å². The van der Waals surface area contributed by atoms with E-state index in [4.69, 9.17) is 27.6 Å². The molecule has 0 spiro atoms. The lowest BCUT2D eigenvalue weighted by Crippen LogP contribution is -2.15. The molecule has 3 aromatic carbocycles. The van der Waals surface area contributed by atoms with Gasteiger partial charge in [-0.25, -0.2) is 0 Å². The standard InChI is InChI=1S/C20H11Cl2NO3/c21-12-8-14-17(24)10-18(26-19(14)15(22)9-12)20(25)23-16-7-3-5-11-4-1-2-6-13(11)16/h1-10H,(H,23,25). The van der Waals surface area contributed by atoms with Crippen molar-refractivity contribution in [2.75, 3.05) is 5.32 Å². The number of benzene rings is 3. The Kier molecular flexibility index (Phi) is 4.15. The molecule has 0 fully saturated rings. The average Bonchev–Trinajstić information content (AvgIpc) is 2.62. The summed E-state index contributed by atoms with van der Waals surface area (Å²) in [5, 5.41) is 5.38. The van der Waals surface area contributed by atoms with E-state index in [1.165, 1.54) is 12.1 Å². The number of rotatable bonds is 2. The minimum Gasteiger partial charge on any atom is -0.449 e. The molecule has 0 aliphatic rings. The molecule has 6 heteroatoms. The smallest absolute Gasteiger partial charge is 0.291 e. The van der Waals surface area contributed by atoms with Gasteiger partial charge in [0.05, 0.1) is 10.4 Å². The summed E-state index contributed by atoms with van der Waals surface area (Å²) in [5.74, 6) is -0.661. The van der Waals surface area contributed by atoms with E-state index in [0.29, 0.717) is 10.7 Å². The maximum Gasteiger partial charge on any atom is 0.291 e. The van der Waals surface area contributed by atoms with Gasteiger partial charge in [-0.1, -0.05) is 59.6 Å². The van der Waals surface area contributed by atoms with Crippen LogP contribution in [0.5, 0.6) is 0 Å². The summed E-state index contributed by atoms with van der Waals surface area (Å²) < 4.78 is 5.57. The molecule has 0 aliphatic heterocycles. The fourth-order valence-electron chi connectivity index (χ4n) is 2.81. The van der Waals surface area contributed by atoms with Gasteiger partial charge in [-0.05, 0) is 23.6 Å². The Hall–Kier alpha value is -2.82. The van der Waals surface area contributed by atoms with Gasteiger partial charge in [0, 0.05) is 22.2 Å². The average molecular weight is 384 g/mol. The number of amides is 1. The highest BCUT2D eigenvalue weighted by atomic mass is 35.5. The van der Waals surface area contributed by atoms with E-state index in [1.54, 1.807) is 6.07 Å². The fourth-order valence-corrected chi connectivity index (χ4v) is 3.35. The predicted octanol–water partition coefficient (Wildman–Crippen LogP) is 5.51. The van der Waals surface area contributed by atoms with Gasteiger partial charge in [-0.3, -0.25) is 9.59 Å². The molecule has 4 aromatic rings. The summed E-state index contributed by atoms with van der Waals surface area (Å²) in [6.45, 7) is 0. The van der Waals surface area contributed by atoms with Crippen LogP contribution in [0, 0.1) is 0 Å². The number of hydrogen-bond donors (Lipinski definition) is 1. The first-order valence-corrected chi connectivity index (χ1v) is 8.50. The third-order valence-electron chi connectivity index (χ3n) is 4.01. The van der Waals surface area contributed by atoms with E-state index in [0.717, 1.165) is 16.8 Å². The lowest BCUT2D eigenvalue weighted by molar-refractivity contribution is 0.0997. The molecule has 26 heavy (non-hydrogen) atoms. The Labute approximate surface area is 158 Å². The van der Waals surface area contributed by atoms with Crippen LogP contribution in [-0.2, 0) is 0 Å². The first-order chi connectivity index (χ1) is 12.5. The molecule has 4 nitrogen and oxygen atoms in total. The first kappa shape index (κ1) is 16.6. The summed E-state index contributed by atoms with van der Waals surface area (Å²) in [6.07, 6.45) is 0. The summed E-state index contributed by atoms with van der Waals surface area (Å²) >= 11 is 12.0. The van der Waals surface area contributed by atoms with Gasteiger partial charge in [0.2, 0.25) is 0 Å². The van der Waals surface area contributed by atoms with Crippen molar-refractivity contribution in [1.82, 2.24) is 0 Å². The Bertz CT molecular complexity index is 1230. The molecule has 1 N–H and O–H groups in total. The van der Waals surface area contributed by atoms with Gasteiger partial charge in [-0.2, -0.15) is 0 Å². The van der Waals surface area contributed by atoms with Crippen molar-refractivity contribution in [2.24, 2.45) is 0 Å². The third kappa shape index (κ3) is 2.94. The number of fused-ring (bicyclic) bond motifs is 2. The van der Waals surface area contributed by atoms with Crippen LogP contribution in [0.2, 0.25) is 10.0 Å². The highest BCUT2D eigenvalue weighted by Crippen LogP contribution is 2.27. The number of anilines is 1. The van der Waals surface area contributed by atoms with Crippen LogP contribution in [0.25, 0.3) is 21.7 Å². The van der Waals surface area contributed by atoms with Crippen molar-refractivity contribution < 1.29 is 9.21 Å². The zero-order valence-electron chi connectivity index (χ0n) is 13.3. The molecule has 0 unspecified atom stereocenters. The minimum atomic E-state index is -0.536. The maximum absolute atomic E-state index is 12.6. The topological polar surface area (TPSA) is 59.3 Å². The van der Waals surface area contributed by atoms with Crippen molar-refractivity contribution in [3.63, 3.8) is 0 Å².